The Morgan fingerprint density at radius 2 is 2.27 bits per heavy atom. The number of carbonyl (C=O) groups excluding carboxylic acids is 1. The second kappa shape index (κ2) is 3.88. The van der Waals surface area contributed by atoms with Crippen LogP contribution in [0.2, 0.25) is 0 Å². The lowest BCUT2D eigenvalue weighted by atomic mass is 10.1. The predicted molar refractivity (Wildman–Crippen MR) is 44.1 cm³/mol. The van der Waals surface area contributed by atoms with E-state index < -0.39 is 35.0 Å². The molecule has 0 unspecified atom stereocenters. The van der Waals surface area contributed by atoms with Crippen LogP contribution in [0.1, 0.15) is 28.2 Å². The van der Waals surface area contributed by atoms with Gasteiger partial charge in [-0.3, -0.25) is 4.79 Å². The van der Waals surface area contributed by atoms with Crippen molar-refractivity contribution in [1.82, 2.24) is 4.98 Å². The molecule has 0 radical (unpaired) electrons. The van der Waals surface area contributed by atoms with Gasteiger partial charge in [-0.25, -0.2) is 13.8 Å². The van der Waals surface area contributed by atoms with Crippen molar-refractivity contribution in [2.75, 3.05) is 0 Å². The number of nitrogens with two attached hydrogens (primary N) is 1. The van der Waals surface area contributed by atoms with Gasteiger partial charge in [0, 0.05) is 0 Å². The third-order valence-corrected chi connectivity index (χ3v) is 1.61. The first-order valence-electron chi connectivity index (χ1n) is 3.69. The molecule has 0 bridgehead atoms. The van der Waals surface area contributed by atoms with E-state index in [0.29, 0.717) is 6.07 Å². The summed E-state index contributed by atoms with van der Waals surface area (Å²) in [4.78, 5) is 13.9. The first-order valence-corrected chi connectivity index (χ1v) is 3.69. The van der Waals surface area contributed by atoms with Gasteiger partial charge in [0.15, 0.2) is 11.4 Å². The molecule has 0 aliphatic carbocycles. The quantitative estimate of drug-likeness (QED) is 0.754. The van der Waals surface area contributed by atoms with Crippen molar-refractivity contribution in [2.45, 2.75) is 6.43 Å². The molecule has 78 valence electrons. The average molecular weight is 213 g/mol. The molecule has 7 heteroatoms. The van der Waals surface area contributed by atoms with Crippen LogP contribution in [-0.4, -0.2) is 16.0 Å². The van der Waals surface area contributed by atoms with E-state index in [1.807, 2.05) is 0 Å². The van der Waals surface area contributed by atoms with Crippen LogP contribution in [0.15, 0.2) is 6.07 Å². The number of rotatable bonds is 2. The van der Waals surface area contributed by atoms with Gasteiger partial charge in [-0.1, -0.05) is 0 Å². The van der Waals surface area contributed by atoms with Gasteiger partial charge in [-0.15, -0.1) is 0 Å². The summed E-state index contributed by atoms with van der Waals surface area (Å²) < 4.78 is 24.6. The van der Waals surface area contributed by atoms with Gasteiger partial charge in [0.2, 0.25) is 0 Å². The number of aromatic hydroxyl groups is 1. The first-order chi connectivity index (χ1) is 6.97. The van der Waals surface area contributed by atoms with Crippen LogP contribution in [0.3, 0.4) is 0 Å². The van der Waals surface area contributed by atoms with Crippen LogP contribution in [0, 0.1) is 11.3 Å². The molecule has 0 aliphatic heterocycles. The minimum Gasteiger partial charge on any atom is -0.505 e. The number of nitrogens with zero attached hydrogens (tertiary/aromatic N) is 2. The fourth-order valence-corrected chi connectivity index (χ4v) is 0.955. The Morgan fingerprint density at radius 1 is 1.67 bits per heavy atom. The lowest BCUT2D eigenvalue weighted by Gasteiger charge is -2.05. The van der Waals surface area contributed by atoms with Crippen molar-refractivity contribution in [3.8, 4) is 11.8 Å². The fourth-order valence-electron chi connectivity index (χ4n) is 0.955. The molecule has 5 nitrogen and oxygen atoms in total. The normalized spacial score (nSPS) is 10.0. The van der Waals surface area contributed by atoms with Crippen LogP contribution in [0.5, 0.6) is 5.75 Å². The van der Waals surface area contributed by atoms with Crippen LogP contribution < -0.4 is 5.73 Å². The highest BCUT2D eigenvalue weighted by molar-refractivity contribution is 5.93. The molecule has 0 spiro atoms. The van der Waals surface area contributed by atoms with E-state index in [9.17, 15) is 13.6 Å². The fraction of sp³-hybridized carbons (Fsp3) is 0.125. The van der Waals surface area contributed by atoms with E-state index in [1.165, 1.54) is 6.07 Å². The van der Waals surface area contributed by atoms with Crippen molar-refractivity contribution in [3.05, 3.63) is 23.0 Å². The second-order valence-corrected chi connectivity index (χ2v) is 2.57. The summed E-state index contributed by atoms with van der Waals surface area (Å²) in [7, 11) is 0. The molecular weight excluding hydrogens is 208 g/mol. The average Bonchev–Trinajstić information content (AvgIpc) is 2.16. The van der Waals surface area contributed by atoms with E-state index in [1.54, 1.807) is 0 Å². The standard InChI is InChI=1S/C8H5F2N3O2/c9-7(10)3-1-5(14)6(8(12)15)13-4(3)2-11/h1,7,14H,(H2,12,15). The molecule has 1 heterocycles. The molecule has 0 atom stereocenters. The number of carbonyl (C=O) groups is 1. The Labute approximate surface area is 82.8 Å². The van der Waals surface area contributed by atoms with Gasteiger partial charge in [-0.2, -0.15) is 5.26 Å². The summed E-state index contributed by atoms with van der Waals surface area (Å²) >= 11 is 0. The van der Waals surface area contributed by atoms with E-state index in [4.69, 9.17) is 16.1 Å². The summed E-state index contributed by atoms with van der Waals surface area (Å²) in [5.41, 5.74) is 2.84. The van der Waals surface area contributed by atoms with Crippen molar-refractivity contribution in [2.24, 2.45) is 5.73 Å². The Hall–Kier alpha value is -2.23. The maximum absolute atomic E-state index is 12.3. The molecule has 1 amide bonds. The topological polar surface area (TPSA) is 100 Å². The Morgan fingerprint density at radius 3 is 2.67 bits per heavy atom. The van der Waals surface area contributed by atoms with Gasteiger partial charge < -0.3 is 10.8 Å². The monoisotopic (exact) mass is 213 g/mol. The van der Waals surface area contributed by atoms with Crippen LogP contribution in [0.25, 0.3) is 0 Å². The molecular formula is C8H5F2N3O2. The highest BCUT2D eigenvalue weighted by Gasteiger charge is 2.20. The summed E-state index contributed by atoms with van der Waals surface area (Å²) in [5, 5.41) is 17.6. The van der Waals surface area contributed by atoms with Crippen molar-refractivity contribution in [3.63, 3.8) is 0 Å². The summed E-state index contributed by atoms with van der Waals surface area (Å²) in [5.74, 6) is -1.86. The first kappa shape index (κ1) is 10.8. The van der Waals surface area contributed by atoms with E-state index in [-0.39, 0.29) is 0 Å². The highest BCUT2D eigenvalue weighted by Crippen LogP contribution is 2.26. The number of pyridine rings is 1. The van der Waals surface area contributed by atoms with E-state index in [2.05, 4.69) is 4.98 Å². The van der Waals surface area contributed by atoms with Gasteiger partial charge >= 0.3 is 0 Å². The van der Waals surface area contributed by atoms with Gasteiger partial charge in [0.1, 0.15) is 11.8 Å². The van der Waals surface area contributed by atoms with Crippen molar-refractivity contribution in [1.29, 1.82) is 5.26 Å². The summed E-state index contributed by atoms with van der Waals surface area (Å²) in [6.45, 7) is 0. The van der Waals surface area contributed by atoms with Gasteiger partial charge in [0.05, 0.1) is 5.56 Å². The molecule has 0 saturated carbocycles. The number of alkyl halides is 2. The lowest BCUT2D eigenvalue weighted by Crippen LogP contribution is -2.14. The Balaban J connectivity index is 3.44. The molecule has 3 N–H and O–H groups in total. The van der Waals surface area contributed by atoms with Crippen LogP contribution in [0.4, 0.5) is 8.78 Å². The Bertz CT molecular complexity index is 454. The third kappa shape index (κ3) is 1.99. The minimum absolute atomic E-state index is 0.601. The molecule has 1 aromatic rings. The number of aromatic nitrogens is 1. The number of hydrogen-bond donors (Lipinski definition) is 2. The number of hydrogen-bond acceptors (Lipinski definition) is 4. The lowest BCUT2D eigenvalue weighted by molar-refractivity contribution is 0.0991. The molecule has 0 aliphatic rings. The van der Waals surface area contributed by atoms with Crippen molar-refractivity contribution >= 4 is 5.91 Å². The molecule has 0 saturated heterocycles. The third-order valence-electron chi connectivity index (χ3n) is 1.61. The maximum atomic E-state index is 12.3. The number of amides is 1. The van der Waals surface area contributed by atoms with Crippen molar-refractivity contribution < 1.29 is 18.7 Å². The number of primary amides is 1. The zero-order chi connectivity index (χ0) is 11.6. The zero-order valence-electron chi connectivity index (χ0n) is 7.24. The SMILES string of the molecule is N#Cc1nc(C(N)=O)c(O)cc1C(F)F. The molecule has 0 fully saturated rings. The predicted octanol–water partition coefficient (Wildman–Crippen LogP) is 0.695. The second-order valence-electron chi connectivity index (χ2n) is 2.57. The minimum atomic E-state index is -2.96. The van der Waals surface area contributed by atoms with Crippen LogP contribution in [-0.2, 0) is 0 Å². The zero-order valence-corrected chi connectivity index (χ0v) is 7.24. The summed E-state index contributed by atoms with van der Waals surface area (Å²) in [6.07, 6.45) is -2.96. The molecule has 1 rings (SSSR count). The highest BCUT2D eigenvalue weighted by atomic mass is 19.3. The number of nitriles is 1. The Kier molecular flexibility index (Phi) is 2.80. The molecule has 1 aromatic heterocycles. The van der Waals surface area contributed by atoms with E-state index >= 15 is 0 Å². The smallest absolute Gasteiger partial charge is 0.271 e. The van der Waals surface area contributed by atoms with Crippen LogP contribution >= 0.6 is 0 Å². The largest absolute Gasteiger partial charge is 0.505 e. The molecule has 0 aromatic carbocycles. The maximum Gasteiger partial charge on any atom is 0.271 e. The van der Waals surface area contributed by atoms with E-state index in [0.717, 1.165) is 0 Å². The van der Waals surface area contributed by atoms with Gasteiger partial charge in [-0.05, 0) is 6.07 Å². The molecule has 15 heavy (non-hydrogen) atoms. The van der Waals surface area contributed by atoms with Gasteiger partial charge in [0.25, 0.3) is 12.3 Å². The summed E-state index contributed by atoms with van der Waals surface area (Å²) in [6, 6.07) is 2.00. The number of halogens is 2.